The summed E-state index contributed by atoms with van der Waals surface area (Å²) in [6.07, 6.45) is 7.04. The first kappa shape index (κ1) is 67.0. The van der Waals surface area contributed by atoms with E-state index in [9.17, 15) is 22.0 Å². The van der Waals surface area contributed by atoms with Crippen LogP contribution in [0.5, 0.6) is 0 Å². The molecule has 2 N–H and O–H groups in total. The molecule has 1 atom stereocenters. The average Bonchev–Trinajstić information content (AvgIpc) is 4.18. The maximum absolute atomic E-state index is 12.3. The number of hydrogen-bond donors (Lipinski definition) is 2. The van der Waals surface area contributed by atoms with Gasteiger partial charge < -0.3 is 28.6 Å². The Hall–Kier alpha value is -2.97. The second kappa shape index (κ2) is 35.3. The van der Waals surface area contributed by atoms with E-state index in [0.717, 1.165) is 29.4 Å². The van der Waals surface area contributed by atoms with Gasteiger partial charge in [0.25, 0.3) is 0 Å². The predicted octanol–water partition coefficient (Wildman–Crippen LogP) is 6.11. The molecule has 1 unspecified atom stereocenters. The maximum atomic E-state index is 12.3. The van der Waals surface area contributed by atoms with Gasteiger partial charge in [-0.3, -0.25) is 9.31 Å². The van der Waals surface area contributed by atoms with Crippen LogP contribution in [0.15, 0.2) is 120 Å². The molecule has 4 heterocycles. The number of aromatic amines is 1. The number of halogens is 1. The SMILES string of the molecule is COC(=O)c1ccn[nH]1.C[Si](C)(C)CCOCn1ccc(CI)n1.C[Si](C)(C)CCOCn1ccc(CO)n1.C[Si](C)(C)CCOCn1ccc(CS(=O)(=O)c2ccccc2)n1.O=S([O-])c1ccccc1.[Na+]. The van der Waals surface area contributed by atoms with Crippen molar-refractivity contribution in [1.29, 1.82) is 0 Å². The zero-order valence-electron chi connectivity index (χ0n) is 43.8. The molecule has 0 aliphatic carbocycles. The zero-order chi connectivity index (χ0) is 52.9. The van der Waals surface area contributed by atoms with Crippen molar-refractivity contribution >= 4 is 73.7 Å². The molecule has 4 aromatic heterocycles. The number of methoxy groups -OCH3 is 1. The van der Waals surface area contributed by atoms with Crippen molar-refractivity contribution in [2.45, 2.75) is 124 Å². The summed E-state index contributed by atoms with van der Waals surface area (Å²) in [6, 6.07) is 27.3. The number of alkyl halides is 1. The van der Waals surface area contributed by atoms with Gasteiger partial charge in [0, 0.05) is 78.2 Å². The molecule has 0 radical (unpaired) electrons. The van der Waals surface area contributed by atoms with Crippen LogP contribution in [0.4, 0.5) is 0 Å². The summed E-state index contributed by atoms with van der Waals surface area (Å²) in [5.74, 6) is -0.494. The van der Waals surface area contributed by atoms with Gasteiger partial charge in [0.15, 0.2) is 9.84 Å². The molecule has 18 nitrogen and oxygen atoms in total. The Labute approximate surface area is 468 Å². The van der Waals surface area contributed by atoms with E-state index in [0.29, 0.717) is 53.7 Å². The van der Waals surface area contributed by atoms with E-state index < -0.39 is 51.1 Å². The largest absolute Gasteiger partial charge is 1.00 e. The van der Waals surface area contributed by atoms with Gasteiger partial charge in [0.05, 0.1) is 41.4 Å². The number of nitrogens with one attached hydrogen (secondary N) is 1. The number of ether oxygens (including phenoxy) is 4. The Morgan fingerprint density at radius 3 is 1.44 bits per heavy atom. The Balaban J connectivity index is 0.000000469. The number of hydrogen-bond acceptors (Lipinski definition) is 14. The zero-order valence-corrected chi connectivity index (χ0v) is 52.6. The van der Waals surface area contributed by atoms with Gasteiger partial charge in [0.1, 0.15) is 25.9 Å². The molecule has 0 bridgehead atoms. The van der Waals surface area contributed by atoms with Gasteiger partial charge in [-0.05, 0) is 77.7 Å². The normalized spacial score (nSPS) is 11.7. The Morgan fingerprint density at radius 1 is 0.681 bits per heavy atom. The van der Waals surface area contributed by atoms with Crippen LogP contribution < -0.4 is 29.6 Å². The third-order valence-electron chi connectivity index (χ3n) is 9.33. The van der Waals surface area contributed by atoms with Gasteiger partial charge in [-0.25, -0.2) is 27.3 Å². The van der Waals surface area contributed by atoms with Crippen LogP contribution in [-0.4, -0.2) is 119 Å². The number of benzene rings is 2. The van der Waals surface area contributed by atoms with Crippen LogP contribution in [0.2, 0.25) is 77.1 Å². The minimum Gasteiger partial charge on any atom is -0.768 e. The number of carbonyl (C=O) groups is 1. The standard InChI is InChI=1S/C16H24N2O3SSi.C10H19IN2OSi.C10H20N2O2Si.C6H6O2S.C5H6N2O2.Na/c1-23(2,3)12-11-21-14-18-10-9-15(17-18)13-22(19,20)16-7-5-4-6-8-16;1-15(2,3)7-6-14-9-13-5-4-10(8-11)12-13;1-15(2,3)7-6-14-9-12-5-4-10(8-13)11-12;7-9(8)6-4-2-1-3-5-6;1-9-5(8)4-2-3-6-7-4;/h4-10H,11-14H2,1-3H3;4-5H,6-9H2,1-3H3;4-5,13H,6-9H2,1-3H3;1-5H,(H,7,8);2-3H,1H3,(H,6,7);/q;;;;;+1/p-1. The second-order valence-electron chi connectivity index (χ2n) is 19.5. The Bertz CT molecular complexity index is 2430. The molecule has 0 amide bonds. The van der Waals surface area contributed by atoms with Crippen LogP contribution in [0, 0.1) is 0 Å². The van der Waals surface area contributed by atoms with Gasteiger partial charge in [-0.15, -0.1) is 0 Å². The van der Waals surface area contributed by atoms with E-state index in [1.54, 1.807) is 94.4 Å². The van der Waals surface area contributed by atoms with Crippen molar-refractivity contribution in [3.8, 4) is 0 Å². The van der Waals surface area contributed by atoms with Gasteiger partial charge in [0.2, 0.25) is 0 Å². The topological polar surface area (TPSA) is 231 Å². The molecule has 0 aliphatic heterocycles. The van der Waals surface area contributed by atoms with Gasteiger partial charge in [-0.1, -0.05) is 118 Å². The molecule has 0 fully saturated rings. The molecule has 0 saturated heterocycles. The summed E-state index contributed by atoms with van der Waals surface area (Å²) >= 11 is 0.232. The van der Waals surface area contributed by atoms with Crippen molar-refractivity contribution in [3.63, 3.8) is 0 Å². The number of rotatable bonds is 22. The molecular formula is C47H74IN8NaO10S2Si3. The number of aliphatic hydroxyl groups excluding tert-OH is 1. The first-order valence-corrected chi connectivity index (χ1v) is 38.3. The van der Waals surface area contributed by atoms with Crippen LogP contribution in [-0.2, 0) is 76.8 Å². The summed E-state index contributed by atoms with van der Waals surface area (Å²) in [6.45, 7) is 24.7. The van der Waals surface area contributed by atoms with E-state index in [1.807, 2.05) is 23.1 Å². The molecule has 6 aromatic rings. The minimum absolute atomic E-state index is 0. The molecule has 25 heteroatoms. The first-order chi connectivity index (χ1) is 33.4. The third-order valence-corrected chi connectivity index (χ3v) is 17.5. The maximum Gasteiger partial charge on any atom is 1.00 e. The van der Waals surface area contributed by atoms with Crippen molar-refractivity contribution in [3.05, 3.63) is 132 Å². The van der Waals surface area contributed by atoms with E-state index >= 15 is 0 Å². The fraction of sp³-hybridized carbons (Fsp3) is 0.468. The monoisotopic (exact) mass is 1210 g/mol. The molecule has 394 valence electrons. The van der Waals surface area contributed by atoms with E-state index in [-0.39, 0.29) is 41.9 Å². The smallest absolute Gasteiger partial charge is 0.768 e. The molecule has 0 saturated carbocycles. The Morgan fingerprint density at radius 2 is 1.10 bits per heavy atom. The summed E-state index contributed by atoms with van der Waals surface area (Å²) in [5, 5.41) is 27.6. The average molecular weight is 1210 g/mol. The predicted molar refractivity (Wildman–Crippen MR) is 294 cm³/mol. The van der Waals surface area contributed by atoms with Gasteiger partial charge >= 0.3 is 35.5 Å². The number of nitrogens with zero attached hydrogens (tertiary/aromatic N) is 7. The van der Waals surface area contributed by atoms with Crippen LogP contribution >= 0.6 is 22.6 Å². The molecule has 72 heavy (non-hydrogen) atoms. The summed E-state index contributed by atoms with van der Waals surface area (Å²) in [4.78, 5) is 11.2. The first-order valence-electron chi connectivity index (χ1n) is 22.9. The number of esters is 1. The quantitative estimate of drug-likeness (QED) is 0.0195. The van der Waals surface area contributed by atoms with Crippen molar-refractivity contribution in [2.75, 3.05) is 26.9 Å². The number of carbonyl (C=O) groups excluding carboxylic acids is 1. The Kier molecular flexibility index (Phi) is 32.9. The molecule has 0 aliphatic rings. The summed E-state index contributed by atoms with van der Waals surface area (Å²) in [5.41, 5.74) is 2.70. The second-order valence-corrected chi connectivity index (χ2v) is 40.0. The van der Waals surface area contributed by atoms with Crippen LogP contribution in [0.25, 0.3) is 0 Å². The van der Waals surface area contributed by atoms with Crippen LogP contribution in [0.1, 0.15) is 27.6 Å². The van der Waals surface area contributed by atoms with E-state index in [1.165, 1.54) is 25.4 Å². The van der Waals surface area contributed by atoms with E-state index in [4.69, 9.17) is 19.3 Å². The molecule has 2 aromatic carbocycles. The molecule has 0 spiro atoms. The summed E-state index contributed by atoms with van der Waals surface area (Å²) < 4.78 is 72.3. The van der Waals surface area contributed by atoms with Crippen LogP contribution in [0.3, 0.4) is 0 Å². The number of aliphatic hydroxyl groups is 1. The van der Waals surface area contributed by atoms with Crippen molar-refractivity contribution < 1.29 is 75.6 Å². The number of aromatic nitrogens is 8. The van der Waals surface area contributed by atoms with Crippen molar-refractivity contribution in [1.82, 2.24) is 39.5 Å². The number of sulfone groups is 1. The summed E-state index contributed by atoms with van der Waals surface area (Å²) in [7, 11) is -5.07. The van der Waals surface area contributed by atoms with Gasteiger partial charge in [-0.2, -0.15) is 20.4 Å². The van der Waals surface area contributed by atoms with E-state index in [2.05, 4.69) is 112 Å². The number of H-pyrrole nitrogens is 1. The fourth-order valence-corrected chi connectivity index (χ4v) is 9.52. The molecule has 6 rings (SSSR count). The third kappa shape index (κ3) is 31.7. The molecular weight excluding hydrogens is 1130 g/mol. The fourth-order valence-electron chi connectivity index (χ4n) is 5.19. The van der Waals surface area contributed by atoms with Crippen molar-refractivity contribution in [2.24, 2.45) is 0 Å². The minimum atomic E-state index is -3.36.